The van der Waals surface area contributed by atoms with Gasteiger partial charge in [0.1, 0.15) is 11.5 Å². The molecular weight excluding hydrogens is 357 g/mol. The lowest BCUT2D eigenvalue weighted by Crippen LogP contribution is -2.26. The number of benzene rings is 2. The molecule has 0 aliphatic carbocycles. The molecule has 0 aliphatic rings. The zero-order valence-corrected chi connectivity index (χ0v) is 15.1. The summed E-state index contributed by atoms with van der Waals surface area (Å²) in [6, 6.07) is 15.1. The van der Waals surface area contributed by atoms with E-state index in [9.17, 15) is 9.18 Å². The van der Waals surface area contributed by atoms with E-state index in [2.05, 4.69) is 0 Å². The van der Waals surface area contributed by atoms with E-state index in [-0.39, 0.29) is 23.8 Å². The lowest BCUT2D eigenvalue weighted by atomic mass is 10.2. The Balaban J connectivity index is 1.71. The summed E-state index contributed by atoms with van der Waals surface area (Å²) in [6.45, 7) is 0.264. The second-order valence-electron chi connectivity index (χ2n) is 5.78. The number of rotatable bonds is 5. The van der Waals surface area contributed by atoms with E-state index in [4.69, 9.17) is 20.8 Å². The van der Waals surface area contributed by atoms with Crippen LogP contribution in [0.4, 0.5) is 4.39 Å². The molecule has 0 unspecified atom stereocenters. The fourth-order valence-corrected chi connectivity index (χ4v) is 2.68. The van der Waals surface area contributed by atoms with Crippen molar-refractivity contribution in [1.29, 1.82) is 0 Å². The molecule has 0 spiro atoms. The van der Waals surface area contributed by atoms with Gasteiger partial charge < -0.3 is 14.1 Å². The molecular formula is C20H17ClFNO3. The first-order chi connectivity index (χ1) is 12.5. The summed E-state index contributed by atoms with van der Waals surface area (Å²) >= 11 is 5.89. The molecule has 2 aromatic carbocycles. The number of amides is 1. The molecule has 0 saturated heterocycles. The van der Waals surface area contributed by atoms with E-state index < -0.39 is 5.82 Å². The third-order valence-corrected chi connectivity index (χ3v) is 4.18. The van der Waals surface area contributed by atoms with Gasteiger partial charge in [-0.1, -0.05) is 11.6 Å². The van der Waals surface area contributed by atoms with E-state index in [1.165, 1.54) is 30.2 Å². The molecule has 0 radical (unpaired) electrons. The largest absolute Gasteiger partial charge is 0.494 e. The fraction of sp³-hybridized carbons (Fsp3) is 0.150. The summed E-state index contributed by atoms with van der Waals surface area (Å²) in [4.78, 5) is 13.9. The third-order valence-electron chi connectivity index (χ3n) is 3.93. The number of ether oxygens (including phenoxy) is 1. The number of halogens is 2. The Morgan fingerprint density at radius 1 is 1.15 bits per heavy atom. The molecule has 1 aromatic heterocycles. The Bertz CT molecular complexity index is 921. The molecule has 0 saturated carbocycles. The summed E-state index contributed by atoms with van der Waals surface area (Å²) in [6.07, 6.45) is 0. The normalized spacial score (nSPS) is 10.6. The average molecular weight is 374 g/mol. The SMILES string of the molecule is COc1ccc(C(=O)N(C)Cc2ccc(-c3ccc(Cl)cc3)o2)cc1F. The van der Waals surface area contributed by atoms with Crippen molar-refractivity contribution in [2.45, 2.75) is 6.54 Å². The monoisotopic (exact) mass is 373 g/mol. The van der Waals surface area contributed by atoms with Crippen LogP contribution in [0.15, 0.2) is 59.0 Å². The van der Waals surface area contributed by atoms with E-state index >= 15 is 0 Å². The van der Waals surface area contributed by atoms with Crippen molar-refractivity contribution in [2.75, 3.05) is 14.2 Å². The molecule has 0 aliphatic heterocycles. The number of methoxy groups -OCH3 is 1. The molecule has 26 heavy (non-hydrogen) atoms. The standard InChI is InChI=1S/C20H17ClFNO3/c1-23(20(24)14-5-9-19(25-2)17(22)11-14)12-16-8-10-18(26-16)13-3-6-15(21)7-4-13/h3-11H,12H2,1-2H3. The molecule has 134 valence electrons. The Morgan fingerprint density at radius 3 is 2.54 bits per heavy atom. The second-order valence-corrected chi connectivity index (χ2v) is 6.22. The van der Waals surface area contributed by atoms with Gasteiger partial charge in [-0.2, -0.15) is 0 Å². The van der Waals surface area contributed by atoms with Gasteiger partial charge in [0, 0.05) is 23.2 Å². The van der Waals surface area contributed by atoms with E-state index in [0.717, 1.165) is 5.56 Å². The molecule has 0 atom stereocenters. The number of nitrogens with zero attached hydrogens (tertiary/aromatic N) is 1. The van der Waals surface area contributed by atoms with Crippen molar-refractivity contribution in [2.24, 2.45) is 0 Å². The molecule has 1 amide bonds. The van der Waals surface area contributed by atoms with Crippen molar-refractivity contribution in [1.82, 2.24) is 4.90 Å². The highest BCUT2D eigenvalue weighted by atomic mass is 35.5. The molecule has 3 aromatic rings. The van der Waals surface area contributed by atoms with E-state index in [1.807, 2.05) is 24.3 Å². The zero-order valence-electron chi connectivity index (χ0n) is 14.3. The molecule has 0 bridgehead atoms. The Morgan fingerprint density at radius 2 is 1.88 bits per heavy atom. The Labute approximate surface area is 155 Å². The van der Waals surface area contributed by atoms with Crippen LogP contribution in [0.25, 0.3) is 11.3 Å². The van der Waals surface area contributed by atoms with Crippen LogP contribution in [0, 0.1) is 5.82 Å². The number of furan rings is 1. The molecule has 1 heterocycles. The number of carbonyl (C=O) groups excluding carboxylic acids is 1. The molecule has 6 heteroatoms. The van der Waals surface area contributed by atoms with Gasteiger partial charge in [-0.05, 0) is 54.6 Å². The molecule has 0 fully saturated rings. The minimum atomic E-state index is -0.574. The van der Waals surface area contributed by atoms with Crippen LogP contribution in [0.2, 0.25) is 5.02 Å². The van der Waals surface area contributed by atoms with Crippen molar-refractivity contribution in [3.8, 4) is 17.1 Å². The van der Waals surface area contributed by atoms with Crippen molar-refractivity contribution >= 4 is 17.5 Å². The highest BCUT2D eigenvalue weighted by molar-refractivity contribution is 6.30. The van der Waals surface area contributed by atoms with Crippen LogP contribution >= 0.6 is 11.6 Å². The number of carbonyl (C=O) groups is 1. The predicted octanol–water partition coefficient (Wildman–Crippen LogP) is 5.02. The quantitative estimate of drug-likeness (QED) is 0.630. The van der Waals surface area contributed by atoms with Crippen LogP contribution in [-0.4, -0.2) is 25.0 Å². The van der Waals surface area contributed by atoms with Gasteiger partial charge in [0.2, 0.25) is 0 Å². The van der Waals surface area contributed by atoms with Crippen LogP contribution in [0.1, 0.15) is 16.1 Å². The maximum Gasteiger partial charge on any atom is 0.254 e. The van der Waals surface area contributed by atoms with Crippen LogP contribution in [0.5, 0.6) is 5.75 Å². The summed E-state index contributed by atoms with van der Waals surface area (Å²) in [5.74, 6) is 0.529. The Hall–Kier alpha value is -2.79. The van der Waals surface area contributed by atoms with Crippen LogP contribution in [0.3, 0.4) is 0 Å². The Kier molecular flexibility index (Phi) is 5.28. The van der Waals surface area contributed by atoms with Gasteiger partial charge in [-0.15, -0.1) is 0 Å². The highest BCUT2D eigenvalue weighted by Gasteiger charge is 2.16. The van der Waals surface area contributed by atoms with Gasteiger partial charge >= 0.3 is 0 Å². The van der Waals surface area contributed by atoms with E-state index in [0.29, 0.717) is 16.5 Å². The van der Waals surface area contributed by atoms with Gasteiger partial charge in [-0.25, -0.2) is 4.39 Å². The van der Waals surface area contributed by atoms with Crippen molar-refractivity contribution in [3.05, 3.63) is 76.8 Å². The first-order valence-electron chi connectivity index (χ1n) is 7.91. The summed E-state index contributed by atoms with van der Waals surface area (Å²) < 4.78 is 24.5. The van der Waals surface area contributed by atoms with Crippen molar-refractivity contribution in [3.63, 3.8) is 0 Å². The average Bonchev–Trinajstić information content (AvgIpc) is 3.10. The number of hydrogen-bond acceptors (Lipinski definition) is 3. The van der Waals surface area contributed by atoms with Crippen LogP contribution < -0.4 is 4.74 Å². The summed E-state index contributed by atoms with van der Waals surface area (Å²) in [5, 5.41) is 0.651. The molecule has 3 rings (SSSR count). The lowest BCUT2D eigenvalue weighted by molar-refractivity contribution is 0.0775. The van der Waals surface area contributed by atoms with Gasteiger partial charge in [0.25, 0.3) is 5.91 Å². The molecule has 0 N–H and O–H groups in total. The lowest BCUT2D eigenvalue weighted by Gasteiger charge is -2.16. The smallest absolute Gasteiger partial charge is 0.254 e. The predicted molar refractivity (Wildman–Crippen MR) is 97.9 cm³/mol. The second kappa shape index (κ2) is 7.62. The topological polar surface area (TPSA) is 42.7 Å². The van der Waals surface area contributed by atoms with Crippen LogP contribution in [-0.2, 0) is 6.54 Å². The van der Waals surface area contributed by atoms with Gasteiger partial charge in [-0.3, -0.25) is 4.79 Å². The number of hydrogen-bond donors (Lipinski definition) is 0. The maximum atomic E-state index is 13.8. The van der Waals surface area contributed by atoms with Gasteiger partial charge in [0.05, 0.1) is 13.7 Å². The summed E-state index contributed by atoms with van der Waals surface area (Å²) in [7, 11) is 3.01. The maximum absolute atomic E-state index is 13.8. The minimum Gasteiger partial charge on any atom is -0.494 e. The zero-order chi connectivity index (χ0) is 18.7. The minimum absolute atomic E-state index is 0.0999. The molecule has 4 nitrogen and oxygen atoms in total. The summed E-state index contributed by atoms with van der Waals surface area (Å²) in [5.41, 5.74) is 1.14. The highest BCUT2D eigenvalue weighted by Crippen LogP contribution is 2.25. The van der Waals surface area contributed by atoms with Crippen molar-refractivity contribution < 1.29 is 18.3 Å². The van der Waals surface area contributed by atoms with E-state index in [1.54, 1.807) is 19.2 Å². The first kappa shape index (κ1) is 18.0. The third kappa shape index (κ3) is 3.89. The first-order valence-corrected chi connectivity index (χ1v) is 8.29. The fourth-order valence-electron chi connectivity index (χ4n) is 2.56. The van der Waals surface area contributed by atoms with Gasteiger partial charge in [0.15, 0.2) is 11.6 Å².